The van der Waals surface area contributed by atoms with Crippen LogP contribution in [-0.4, -0.2) is 48.8 Å². The van der Waals surface area contributed by atoms with Crippen molar-refractivity contribution in [1.29, 1.82) is 0 Å². The van der Waals surface area contributed by atoms with Gasteiger partial charge < -0.3 is 10.2 Å². The SMILES string of the molecule is O=C(c1cccnc1)N1CCC[C@H](c2ccnc(Nc3cnccn3)n2)C1. The summed E-state index contributed by atoms with van der Waals surface area (Å²) >= 11 is 0. The van der Waals surface area contributed by atoms with Crippen LogP contribution in [0.2, 0.25) is 0 Å². The largest absolute Gasteiger partial charge is 0.338 e. The number of piperidine rings is 1. The van der Waals surface area contributed by atoms with Gasteiger partial charge in [0.15, 0.2) is 5.82 Å². The molecular weight excluding hydrogens is 342 g/mol. The van der Waals surface area contributed by atoms with E-state index in [0.29, 0.717) is 23.9 Å². The third kappa shape index (κ3) is 4.05. The monoisotopic (exact) mass is 361 g/mol. The van der Waals surface area contributed by atoms with Crippen molar-refractivity contribution in [2.75, 3.05) is 18.4 Å². The molecule has 0 bridgehead atoms. The molecule has 0 radical (unpaired) electrons. The molecule has 8 heteroatoms. The van der Waals surface area contributed by atoms with Crippen LogP contribution in [0.3, 0.4) is 0 Å². The highest BCUT2D eigenvalue weighted by Gasteiger charge is 2.26. The lowest BCUT2D eigenvalue weighted by molar-refractivity contribution is 0.0705. The number of rotatable bonds is 4. The molecule has 1 atom stereocenters. The fourth-order valence-corrected chi connectivity index (χ4v) is 3.21. The van der Waals surface area contributed by atoms with Gasteiger partial charge >= 0.3 is 0 Å². The number of nitrogens with one attached hydrogen (secondary N) is 1. The van der Waals surface area contributed by atoms with Crippen LogP contribution in [0.1, 0.15) is 34.8 Å². The van der Waals surface area contributed by atoms with E-state index in [1.54, 1.807) is 49.3 Å². The number of carbonyl (C=O) groups excluding carboxylic acids is 1. The number of likely N-dealkylation sites (tertiary alicyclic amines) is 1. The van der Waals surface area contributed by atoms with Crippen molar-refractivity contribution in [2.24, 2.45) is 0 Å². The zero-order valence-electron chi connectivity index (χ0n) is 14.7. The van der Waals surface area contributed by atoms with Crippen LogP contribution >= 0.6 is 0 Å². The molecular formula is C19H19N7O. The van der Waals surface area contributed by atoms with Gasteiger partial charge in [0.2, 0.25) is 5.95 Å². The second-order valence-corrected chi connectivity index (χ2v) is 6.35. The summed E-state index contributed by atoms with van der Waals surface area (Å²) in [7, 11) is 0. The standard InChI is InChI=1S/C19H19N7O/c27-18(14-3-1-6-20-11-14)26-10-2-4-15(13-26)16-5-7-23-19(24-16)25-17-12-21-8-9-22-17/h1,3,5-9,11-12,15H,2,4,10,13H2,(H,22,23,24,25)/t15-/m0/s1. The van der Waals surface area contributed by atoms with E-state index in [1.165, 1.54) is 0 Å². The lowest BCUT2D eigenvalue weighted by Gasteiger charge is -2.32. The number of pyridine rings is 1. The minimum atomic E-state index is 0.0137. The van der Waals surface area contributed by atoms with E-state index in [4.69, 9.17) is 0 Å². The van der Waals surface area contributed by atoms with E-state index in [9.17, 15) is 4.79 Å². The summed E-state index contributed by atoms with van der Waals surface area (Å²) in [6.45, 7) is 1.38. The summed E-state index contributed by atoms with van der Waals surface area (Å²) in [5, 5.41) is 3.06. The highest BCUT2D eigenvalue weighted by atomic mass is 16.2. The molecule has 0 aromatic carbocycles. The van der Waals surface area contributed by atoms with Gasteiger partial charge in [0.25, 0.3) is 5.91 Å². The minimum absolute atomic E-state index is 0.0137. The molecule has 1 aliphatic heterocycles. The molecule has 8 nitrogen and oxygen atoms in total. The number of nitrogens with zero attached hydrogens (tertiary/aromatic N) is 6. The van der Waals surface area contributed by atoms with Crippen molar-refractivity contribution in [2.45, 2.75) is 18.8 Å². The van der Waals surface area contributed by atoms with Crippen LogP contribution in [0.25, 0.3) is 0 Å². The summed E-state index contributed by atoms with van der Waals surface area (Å²) in [4.78, 5) is 35.7. The van der Waals surface area contributed by atoms with Gasteiger partial charge in [-0.05, 0) is 31.0 Å². The van der Waals surface area contributed by atoms with Crippen molar-refractivity contribution in [3.8, 4) is 0 Å². The minimum Gasteiger partial charge on any atom is -0.338 e. The van der Waals surface area contributed by atoms with Gasteiger partial charge in [-0.25, -0.2) is 15.0 Å². The van der Waals surface area contributed by atoms with E-state index < -0.39 is 0 Å². The van der Waals surface area contributed by atoms with Crippen LogP contribution in [-0.2, 0) is 0 Å². The normalized spacial score (nSPS) is 16.7. The maximum absolute atomic E-state index is 12.7. The van der Waals surface area contributed by atoms with E-state index in [1.807, 2.05) is 11.0 Å². The molecule has 1 amide bonds. The second-order valence-electron chi connectivity index (χ2n) is 6.35. The Morgan fingerprint density at radius 3 is 2.81 bits per heavy atom. The number of anilines is 2. The first-order chi connectivity index (χ1) is 13.3. The molecule has 3 aromatic heterocycles. The Bertz CT molecular complexity index is 904. The van der Waals surface area contributed by atoms with Crippen molar-refractivity contribution >= 4 is 17.7 Å². The maximum atomic E-state index is 12.7. The molecule has 0 aliphatic carbocycles. The van der Waals surface area contributed by atoms with E-state index in [0.717, 1.165) is 25.1 Å². The van der Waals surface area contributed by atoms with Gasteiger partial charge in [-0.3, -0.25) is 14.8 Å². The average Bonchev–Trinajstić information content (AvgIpc) is 2.75. The molecule has 1 N–H and O–H groups in total. The predicted molar refractivity (Wildman–Crippen MR) is 99.5 cm³/mol. The summed E-state index contributed by atoms with van der Waals surface area (Å²) in [5.74, 6) is 1.25. The van der Waals surface area contributed by atoms with Crippen molar-refractivity contribution in [3.63, 3.8) is 0 Å². The molecule has 0 unspecified atom stereocenters. The number of aromatic nitrogens is 5. The fourth-order valence-electron chi connectivity index (χ4n) is 3.21. The first-order valence-electron chi connectivity index (χ1n) is 8.85. The van der Waals surface area contributed by atoms with E-state index in [2.05, 4.69) is 30.2 Å². The van der Waals surface area contributed by atoms with Gasteiger partial charge in [0.05, 0.1) is 17.5 Å². The quantitative estimate of drug-likeness (QED) is 0.762. The molecule has 1 aliphatic rings. The highest BCUT2D eigenvalue weighted by molar-refractivity contribution is 5.94. The summed E-state index contributed by atoms with van der Waals surface area (Å²) < 4.78 is 0. The van der Waals surface area contributed by atoms with Crippen molar-refractivity contribution in [1.82, 2.24) is 29.8 Å². The Kier molecular flexibility index (Phi) is 4.95. The molecule has 4 rings (SSSR count). The van der Waals surface area contributed by atoms with Gasteiger partial charge in [-0.1, -0.05) is 0 Å². The predicted octanol–water partition coefficient (Wildman–Crippen LogP) is 2.42. The lowest BCUT2D eigenvalue weighted by Crippen LogP contribution is -2.39. The molecule has 1 fully saturated rings. The maximum Gasteiger partial charge on any atom is 0.255 e. The topological polar surface area (TPSA) is 96.8 Å². The first kappa shape index (κ1) is 17.0. The van der Waals surface area contributed by atoms with Crippen LogP contribution in [0.5, 0.6) is 0 Å². The summed E-state index contributed by atoms with van der Waals surface area (Å²) in [5.41, 5.74) is 1.53. The number of carbonyl (C=O) groups is 1. The van der Waals surface area contributed by atoms with Gasteiger partial charge in [-0.2, -0.15) is 0 Å². The van der Waals surface area contributed by atoms with Gasteiger partial charge in [0, 0.05) is 50.0 Å². The Hall–Kier alpha value is -3.42. The van der Waals surface area contributed by atoms with Crippen LogP contribution in [0, 0.1) is 0 Å². The number of amides is 1. The summed E-state index contributed by atoms with van der Waals surface area (Å²) in [6, 6.07) is 5.49. The lowest BCUT2D eigenvalue weighted by atomic mass is 9.94. The highest BCUT2D eigenvalue weighted by Crippen LogP contribution is 2.27. The average molecular weight is 361 g/mol. The Morgan fingerprint density at radius 2 is 2.00 bits per heavy atom. The first-order valence-corrected chi connectivity index (χ1v) is 8.85. The molecule has 3 aromatic rings. The smallest absolute Gasteiger partial charge is 0.255 e. The molecule has 0 saturated carbocycles. The van der Waals surface area contributed by atoms with Crippen LogP contribution in [0.15, 0.2) is 55.4 Å². The Balaban J connectivity index is 1.48. The molecule has 27 heavy (non-hydrogen) atoms. The van der Waals surface area contributed by atoms with Crippen molar-refractivity contribution < 1.29 is 4.79 Å². The molecule has 136 valence electrons. The molecule has 1 saturated heterocycles. The van der Waals surface area contributed by atoms with E-state index in [-0.39, 0.29) is 11.8 Å². The van der Waals surface area contributed by atoms with Crippen LogP contribution < -0.4 is 5.32 Å². The van der Waals surface area contributed by atoms with Gasteiger partial charge in [-0.15, -0.1) is 0 Å². The molecule has 4 heterocycles. The fraction of sp³-hybridized carbons (Fsp3) is 0.263. The number of hydrogen-bond acceptors (Lipinski definition) is 7. The number of hydrogen-bond donors (Lipinski definition) is 1. The Labute approximate surface area is 156 Å². The van der Waals surface area contributed by atoms with E-state index >= 15 is 0 Å². The summed E-state index contributed by atoms with van der Waals surface area (Å²) in [6.07, 6.45) is 11.8. The molecule has 0 spiro atoms. The Morgan fingerprint density at radius 1 is 1.07 bits per heavy atom. The van der Waals surface area contributed by atoms with Crippen molar-refractivity contribution in [3.05, 3.63) is 66.6 Å². The zero-order chi connectivity index (χ0) is 18.5. The third-order valence-electron chi connectivity index (χ3n) is 4.52. The zero-order valence-corrected chi connectivity index (χ0v) is 14.7. The second kappa shape index (κ2) is 7.86. The van der Waals surface area contributed by atoms with Gasteiger partial charge in [0.1, 0.15) is 0 Å². The third-order valence-corrected chi connectivity index (χ3v) is 4.52. The van der Waals surface area contributed by atoms with Crippen LogP contribution in [0.4, 0.5) is 11.8 Å².